The Bertz CT molecular complexity index is 386. The SMILES string of the molecule is OCc1[nH]cc2c1C1C=CC2C=C1. The minimum absolute atomic E-state index is 0.111. The first-order valence-electron chi connectivity index (χ1n) is 4.57. The predicted molar refractivity (Wildman–Crippen MR) is 50.5 cm³/mol. The minimum atomic E-state index is 0.111. The van der Waals surface area contributed by atoms with Gasteiger partial charge >= 0.3 is 0 Å². The van der Waals surface area contributed by atoms with E-state index in [1.54, 1.807) is 0 Å². The Labute approximate surface area is 76.6 Å². The zero-order valence-electron chi connectivity index (χ0n) is 7.20. The van der Waals surface area contributed by atoms with Crippen LogP contribution in [0.4, 0.5) is 0 Å². The highest BCUT2D eigenvalue weighted by atomic mass is 16.3. The zero-order chi connectivity index (χ0) is 8.84. The molecule has 2 bridgehead atoms. The second-order valence-electron chi connectivity index (χ2n) is 3.62. The lowest BCUT2D eigenvalue weighted by Gasteiger charge is -2.26. The molecule has 2 nitrogen and oxygen atoms in total. The van der Waals surface area contributed by atoms with Crippen molar-refractivity contribution >= 4 is 0 Å². The Balaban J connectivity index is 2.22. The molecule has 66 valence electrons. The van der Waals surface area contributed by atoms with Crippen molar-refractivity contribution in [3.8, 4) is 0 Å². The molecule has 0 fully saturated rings. The lowest BCUT2D eigenvalue weighted by atomic mass is 9.78. The van der Waals surface area contributed by atoms with Crippen molar-refractivity contribution in [2.45, 2.75) is 18.4 Å². The van der Waals surface area contributed by atoms with Crippen LogP contribution in [0, 0.1) is 0 Å². The first-order valence-corrected chi connectivity index (χ1v) is 4.57. The standard InChI is InChI=1S/C11H11NO/c13-6-10-11-8-3-1-7(2-4-8)9(11)5-12-10/h1-5,7-8,12-13H,6H2. The van der Waals surface area contributed by atoms with Gasteiger partial charge in [0.1, 0.15) is 0 Å². The van der Waals surface area contributed by atoms with Gasteiger partial charge < -0.3 is 10.1 Å². The van der Waals surface area contributed by atoms with Crippen LogP contribution in [0.1, 0.15) is 28.7 Å². The van der Waals surface area contributed by atoms with Crippen molar-refractivity contribution in [2.75, 3.05) is 0 Å². The van der Waals surface area contributed by atoms with Crippen LogP contribution in [0.2, 0.25) is 0 Å². The van der Waals surface area contributed by atoms with Gasteiger partial charge in [-0.2, -0.15) is 0 Å². The highest BCUT2D eigenvalue weighted by Crippen LogP contribution is 2.41. The highest BCUT2D eigenvalue weighted by molar-refractivity contribution is 5.52. The molecule has 0 aromatic carbocycles. The minimum Gasteiger partial charge on any atom is -0.390 e. The van der Waals surface area contributed by atoms with Crippen LogP contribution in [0.25, 0.3) is 0 Å². The van der Waals surface area contributed by atoms with Crippen LogP contribution in [0.15, 0.2) is 30.5 Å². The van der Waals surface area contributed by atoms with Gasteiger partial charge in [0.15, 0.2) is 0 Å². The summed E-state index contributed by atoms with van der Waals surface area (Å²) < 4.78 is 0. The third-order valence-corrected chi connectivity index (χ3v) is 2.94. The zero-order valence-corrected chi connectivity index (χ0v) is 7.20. The Morgan fingerprint density at radius 3 is 2.54 bits per heavy atom. The van der Waals surface area contributed by atoms with Crippen LogP contribution in [-0.2, 0) is 6.61 Å². The third kappa shape index (κ3) is 0.810. The van der Waals surface area contributed by atoms with Crippen molar-refractivity contribution in [3.05, 3.63) is 47.3 Å². The smallest absolute Gasteiger partial charge is 0.0834 e. The van der Waals surface area contributed by atoms with Crippen molar-refractivity contribution in [3.63, 3.8) is 0 Å². The summed E-state index contributed by atoms with van der Waals surface area (Å²) in [6, 6.07) is 0. The Kier molecular flexibility index (Phi) is 1.30. The maximum atomic E-state index is 9.13. The summed E-state index contributed by atoms with van der Waals surface area (Å²) in [6.07, 6.45) is 10.9. The topological polar surface area (TPSA) is 36.0 Å². The molecule has 0 amide bonds. The van der Waals surface area contributed by atoms with Gasteiger partial charge in [0.05, 0.1) is 6.61 Å². The van der Waals surface area contributed by atoms with E-state index in [1.807, 2.05) is 6.20 Å². The van der Waals surface area contributed by atoms with Crippen molar-refractivity contribution in [2.24, 2.45) is 0 Å². The third-order valence-electron chi connectivity index (χ3n) is 2.94. The van der Waals surface area contributed by atoms with Crippen molar-refractivity contribution in [1.82, 2.24) is 4.98 Å². The number of nitrogens with one attached hydrogen (secondary N) is 1. The lowest BCUT2D eigenvalue weighted by Crippen LogP contribution is -2.11. The molecule has 0 saturated carbocycles. The van der Waals surface area contributed by atoms with Gasteiger partial charge in [-0.05, 0) is 11.1 Å². The molecule has 1 heterocycles. The normalized spacial score (nSPS) is 28.1. The van der Waals surface area contributed by atoms with E-state index in [9.17, 15) is 0 Å². The van der Waals surface area contributed by atoms with Gasteiger partial charge in [-0.1, -0.05) is 24.3 Å². The second kappa shape index (κ2) is 2.36. The first-order chi connectivity index (χ1) is 6.40. The van der Waals surface area contributed by atoms with E-state index in [1.165, 1.54) is 11.1 Å². The number of aliphatic hydroxyl groups is 1. The number of aliphatic hydroxyl groups excluding tert-OH is 1. The average molecular weight is 173 g/mol. The van der Waals surface area contributed by atoms with Crippen LogP contribution < -0.4 is 0 Å². The fourth-order valence-corrected chi connectivity index (χ4v) is 2.30. The number of aromatic amines is 1. The second-order valence-corrected chi connectivity index (χ2v) is 3.62. The van der Waals surface area contributed by atoms with Crippen LogP contribution in [0.3, 0.4) is 0 Å². The quantitative estimate of drug-likeness (QED) is 0.624. The van der Waals surface area contributed by atoms with E-state index in [0.29, 0.717) is 11.8 Å². The van der Waals surface area contributed by atoms with Crippen molar-refractivity contribution < 1.29 is 5.11 Å². The Morgan fingerprint density at radius 1 is 1.15 bits per heavy atom. The summed E-state index contributed by atoms with van der Waals surface area (Å²) >= 11 is 0. The van der Waals surface area contributed by atoms with E-state index in [4.69, 9.17) is 5.11 Å². The van der Waals surface area contributed by atoms with E-state index in [0.717, 1.165) is 5.69 Å². The summed E-state index contributed by atoms with van der Waals surface area (Å²) in [5.41, 5.74) is 3.59. The molecule has 13 heavy (non-hydrogen) atoms. The lowest BCUT2D eigenvalue weighted by molar-refractivity contribution is 0.276. The Morgan fingerprint density at radius 2 is 1.85 bits per heavy atom. The monoisotopic (exact) mass is 173 g/mol. The van der Waals surface area contributed by atoms with E-state index in [2.05, 4.69) is 29.3 Å². The predicted octanol–water partition coefficient (Wildman–Crippen LogP) is 1.81. The fourth-order valence-electron chi connectivity index (χ4n) is 2.30. The largest absolute Gasteiger partial charge is 0.390 e. The number of rotatable bonds is 1. The van der Waals surface area contributed by atoms with Gasteiger partial charge in [0, 0.05) is 23.7 Å². The number of allylic oxidation sites excluding steroid dienone is 4. The molecule has 0 spiro atoms. The summed E-state index contributed by atoms with van der Waals surface area (Å²) in [4.78, 5) is 3.14. The van der Waals surface area contributed by atoms with Crippen LogP contribution in [0.5, 0.6) is 0 Å². The number of hydrogen-bond acceptors (Lipinski definition) is 1. The maximum absolute atomic E-state index is 9.13. The summed E-state index contributed by atoms with van der Waals surface area (Å²) in [5.74, 6) is 0.810. The Hall–Kier alpha value is -1.28. The van der Waals surface area contributed by atoms with Gasteiger partial charge in [0.25, 0.3) is 0 Å². The first kappa shape index (κ1) is 7.15. The molecule has 3 aliphatic rings. The highest BCUT2D eigenvalue weighted by Gasteiger charge is 2.27. The maximum Gasteiger partial charge on any atom is 0.0834 e. The molecule has 0 unspecified atom stereocenters. The van der Waals surface area contributed by atoms with Crippen LogP contribution >= 0.6 is 0 Å². The number of aromatic nitrogens is 1. The molecule has 0 radical (unpaired) electrons. The molecular weight excluding hydrogens is 162 g/mol. The van der Waals surface area contributed by atoms with Crippen LogP contribution in [-0.4, -0.2) is 10.1 Å². The van der Waals surface area contributed by atoms with E-state index in [-0.39, 0.29) is 6.61 Å². The molecule has 2 heteroatoms. The summed E-state index contributed by atoms with van der Waals surface area (Å²) in [7, 11) is 0. The number of hydrogen-bond donors (Lipinski definition) is 2. The van der Waals surface area contributed by atoms with E-state index < -0.39 is 0 Å². The van der Waals surface area contributed by atoms with Gasteiger partial charge in [0.2, 0.25) is 0 Å². The molecular formula is C11H11NO. The fraction of sp³-hybridized carbons (Fsp3) is 0.273. The molecule has 0 aliphatic heterocycles. The van der Waals surface area contributed by atoms with Gasteiger partial charge in [-0.15, -0.1) is 0 Å². The van der Waals surface area contributed by atoms with Gasteiger partial charge in [-0.3, -0.25) is 0 Å². The molecule has 4 rings (SSSR count). The average Bonchev–Trinajstić information content (AvgIpc) is 2.64. The van der Waals surface area contributed by atoms with Gasteiger partial charge in [-0.25, -0.2) is 0 Å². The van der Waals surface area contributed by atoms with Crippen molar-refractivity contribution in [1.29, 1.82) is 0 Å². The molecule has 0 saturated heterocycles. The summed E-state index contributed by atoms with van der Waals surface area (Å²) in [6.45, 7) is 0.111. The summed E-state index contributed by atoms with van der Waals surface area (Å²) in [5, 5.41) is 9.13. The molecule has 3 aliphatic carbocycles. The number of H-pyrrole nitrogens is 1. The molecule has 1 aromatic rings. The van der Waals surface area contributed by atoms with E-state index >= 15 is 0 Å². The molecule has 2 N–H and O–H groups in total. The molecule has 0 atom stereocenters. The molecule has 1 aromatic heterocycles.